The first kappa shape index (κ1) is 22.7. The number of carboxylic acids is 1. The lowest BCUT2D eigenvalue weighted by Crippen LogP contribution is -2.57. The van der Waals surface area contributed by atoms with Gasteiger partial charge in [0.2, 0.25) is 6.54 Å². The van der Waals surface area contributed by atoms with E-state index < -0.39 is 23.7 Å². The molecule has 0 fully saturated rings. The number of nitrogens with one attached hydrogen (secondary N) is 2. The quantitative estimate of drug-likeness (QED) is 0.250. The standard InChI is InChI=1S/C20H17F4N3O3/c1-2-11-27-12-9-14(10-13-27)7-8-15-5-3-4-6-16(15)25-26-17(28)19(21,22)20(23,24)18(29)30/h1,3-6,9-10,12-13,25H,7-8,11H2,(H-,26,28,29,30)/p+1. The molecule has 10 heteroatoms. The van der Waals surface area contributed by atoms with E-state index in [9.17, 15) is 27.2 Å². The molecule has 0 aliphatic carbocycles. The van der Waals surface area contributed by atoms with Crippen molar-refractivity contribution in [3.8, 4) is 12.3 Å². The number of pyridine rings is 1. The van der Waals surface area contributed by atoms with Crippen molar-refractivity contribution in [2.75, 3.05) is 5.43 Å². The summed E-state index contributed by atoms with van der Waals surface area (Å²) in [6.45, 7) is 0.429. The number of aromatic nitrogens is 1. The number of anilines is 1. The highest BCUT2D eigenvalue weighted by molar-refractivity contribution is 5.92. The first-order valence-electron chi connectivity index (χ1n) is 8.64. The Balaban J connectivity index is 2.04. The fraction of sp³-hybridized carbons (Fsp3) is 0.250. The third-order valence-electron chi connectivity index (χ3n) is 4.19. The Morgan fingerprint density at radius 2 is 1.67 bits per heavy atom. The molecule has 1 heterocycles. The third-order valence-corrected chi connectivity index (χ3v) is 4.19. The molecule has 158 valence electrons. The summed E-state index contributed by atoms with van der Waals surface area (Å²) in [6, 6.07) is 10.1. The Labute approximate surface area is 169 Å². The predicted molar refractivity (Wildman–Crippen MR) is 98.6 cm³/mol. The number of carbonyl (C=O) groups is 2. The summed E-state index contributed by atoms with van der Waals surface area (Å²) in [5.41, 5.74) is 5.41. The Hall–Kier alpha value is -3.61. The van der Waals surface area contributed by atoms with Crippen LogP contribution in [-0.2, 0) is 29.0 Å². The molecule has 0 bridgehead atoms. The first-order chi connectivity index (χ1) is 14.1. The van der Waals surface area contributed by atoms with Crippen molar-refractivity contribution in [1.29, 1.82) is 0 Å². The monoisotopic (exact) mass is 424 g/mol. The predicted octanol–water partition coefficient (Wildman–Crippen LogP) is 2.19. The maximum Gasteiger partial charge on any atom is 0.413 e. The van der Waals surface area contributed by atoms with E-state index in [4.69, 9.17) is 11.5 Å². The lowest BCUT2D eigenvalue weighted by molar-refractivity contribution is -0.684. The van der Waals surface area contributed by atoms with Crippen LogP contribution < -0.4 is 15.4 Å². The highest BCUT2D eigenvalue weighted by Crippen LogP contribution is 2.34. The van der Waals surface area contributed by atoms with E-state index >= 15 is 0 Å². The van der Waals surface area contributed by atoms with Crippen molar-refractivity contribution in [2.24, 2.45) is 0 Å². The Morgan fingerprint density at radius 3 is 2.27 bits per heavy atom. The van der Waals surface area contributed by atoms with Gasteiger partial charge in [-0.05, 0) is 36.0 Å². The first-order valence-corrected chi connectivity index (χ1v) is 8.64. The summed E-state index contributed by atoms with van der Waals surface area (Å²) in [4.78, 5) is 21.8. The number of hydrogen-bond acceptors (Lipinski definition) is 3. The van der Waals surface area contributed by atoms with Gasteiger partial charge in [-0.15, -0.1) is 6.42 Å². The highest BCUT2D eigenvalue weighted by Gasteiger charge is 2.67. The minimum Gasteiger partial charge on any atom is -0.477 e. The molecule has 0 saturated heterocycles. The van der Waals surface area contributed by atoms with Gasteiger partial charge in [-0.2, -0.15) is 22.1 Å². The smallest absolute Gasteiger partial charge is 0.413 e. The maximum absolute atomic E-state index is 13.5. The minimum absolute atomic E-state index is 0.207. The van der Waals surface area contributed by atoms with Gasteiger partial charge in [-0.25, -0.2) is 4.79 Å². The molecule has 0 saturated carbocycles. The molecular weight excluding hydrogens is 406 g/mol. The van der Waals surface area contributed by atoms with E-state index in [1.165, 1.54) is 11.5 Å². The highest BCUT2D eigenvalue weighted by atomic mass is 19.3. The van der Waals surface area contributed by atoms with Gasteiger partial charge in [0.25, 0.3) is 0 Å². The van der Waals surface area contributed by atoms with Crippen LogP contribution in [0.15, 0.2) is 48.8 Å². The molecule has 1 aromatic heterocycles. The van der Waals surface area contributed by atoms with Crippen molar-refractivity contribution in [1.82, 2.24) is 5.43 Å². The number of benzene rings is 1. The molecule has 0 aliphatic rings. The van der Waals surface area contributed by atoms with Gasteiger partial charge in [-0.1, -0.05) is 18.2 Å². The molecule has 1 aromatic carbocycles. The second-order valence-electron chi connectivity index (χ2n) is 6.27. The van der Waals surface area contributed by atoms with Crippen LogP contribution in [-0.4, -0.2) is 28.8 Å². The Bertz CT molecular complexity index is 957. The van der Waals surface area contributed by atoms with E-state index in [-0.39, 0.29) is 5.69 Å². The molecule has 2 rings (SSSR count). The van der Waals surface area contributed by atoms with Crippen LogP contribution in [0.4, 0.5) is 23.2 Å². The lowest BCUT2D eigenvalue weighted by atomic mass is 10.0. The number of amides is 1. The summed E-state index contributed by atoms with van der Waals surface area (Å²) in [5, 5.41) is 8.24. The number of para-hydroxylation sites is 1. The number of nitrogens with zero attached hydrogens (tertiary/aromatic N) is 1. The molecule has 0 aliphatic heterocycles. The zero-order chi connectivity index (χ0) is 22.4. The Morgan fingerprint density at radius 1 is 1.03 bits per heavy atom. The molecule has 30 heavy (non-hydrogen) atoms. The molecule has 2 aromatic rings. The van der Waals surface area contributed by atoms with E-state index in [0.29, 0.717) is 24.9 Å². The number of halogens is 4. The zero-order valence-corrected chi connectivity index (χ0v) is 15.5. The SMILES string of the molecule is C#CC[n+]1ccc(CCc2ccccc2NNC(=O)C(F)(F)C(F)(F)C(=O)O)cc1. The molecule has 0 atom stereocenters. The average Bonchev–Trinajstić information content (AvgIpc) is 2.72. The molecular formula is C20H18F4N3O3+. The lowest BCUT2D eigenvalue weighted by Gasteiger charge is -2.22. The number of alkyl halides is 4. The second-order valence-corrected chi connectivity index (χ2v) is 6.27. The van der Waals surface area contributed by atoms with Crippen LogP contribution in [0.2, 0.25) is 0 Å². The molecule has 1 amide bonds. The van der Waals surface area contributed by atoms with Gasteiger partial charge in [0.1, 0.15) is 0 Å². The van der Waals surface area contributed by atoms with Crippen LogP contribution >= 0.6 is 0 Å². The number of hydrazine groups is 1. The second kappa shape index (κ2) is 9.26. The number of carboxylic acid groups (broad SMARTS) is 1. The molecule has 0 spiro atoms. The number of terminal acetylenes is 1. The number of rotatable bonds is 9. The topological polar surface area (TPSA) is 82.3 Å². The van der Waals surface area contributed by atoms with Gasteiger partial charge in [0, 0.05) is 12.1 Å². The van der Waals surface area contributed by atoms with Gasteiger partial charge in [0.15, 0.2) is 12.4 Å². The van der Waals surface area contributed by atoms with Crippen LogP contribution in [0, 0.1) is 12.3 Å². The van der Waals surface area contributed by atoms with Crippen LogP contribution in [0.5, 0.6) is 0 Å². The van der Waals surface area contributed by atoms with E-state index in [1.807, 2.05) is 29.1 Å². The molecule has 3 N–H and O–H groups in total. The number of aliphatic carboxylic acids is 1. The maximum atomic E-state index is 13.5. The van der Waals surface area contributed by atoms with E-state index in [0.717, 1.165) is 5.56 Å². The van der Waals surface area contributed by atoms with Crippen molar-refractivity contribution in [3.63, 3.8) is 0 Å². The fourth-order valence-electron chi connectivity index (χ4n) is 2.48. The van der Waals surface area contributed by atoms with Gasteiger partial charge < -0.3 is 5.11 Å². The van der Waals surface area contributed by atoms with Crippen molar-refractivity contribution < 1.29 is 36.8 Å². The van der Waals surface area contributed by atoms with Crippen LogP contribution in [0.1, 0.15) is 11.1 Å². The third kappa shape index (κ3) is 5.05. The summed E-state index contributed by atoms with van der Waals surface area (Å²) in [6.07, 6.45) is 9.87. The normalized spacial score (nSPS) is 11.4. The fourth-order valence-corrected chi connectivity index (χ4v) is 2.48. The average molecular weight is 424 g/mol. The summed E-state index contributed by atoms with van der Waals surface area (Å²) in [5.74, 6) is -14.1. The zero-order valence-electron chi connectivity index (χ0n) is 15.5. The number of hydrogen-bond donors (Lipinski definition) is 3. The number of aryl methyl sites for hydroxylation is 2. The van der Waals surface area contributed by atoms with Crippen molar-refractivity contribution >= 4 is 17.6 Å². The van der Waals surface area contributed by atoms with E-state index in [2.05, 4.69) is 11.3 Å². The minimum atomic E-state index is -5.55. The van der Waals surface area contributed by atoms with Crippen molar-refractivity contribution in [2.45, 2.75) is 31.2 Å². The molecule has 0 radical (unpaired) electrons. The summed E-state index contributed by atoms with van der Waals surface area (Å²) < 4.78 is 55.1. The van der Waals surface area contributed by atoms with Crippen molar-refractivity contribution in [3.05, 3.63) is 59.9 Å². The van der Waals surface area contributed by atoms with Gasteiger partial charge in [-0.3, -0.25) is 15.6 Å². The summed E-state index contributed by atoms with van der Waals surface area (Å²) in [7, 11) is 0. The van der Waals surface area contributed by atoms with Crippen LogP contribution in [0.3, 0.4) is 0 Å². The largest absolute Gasteiger partial charge is 0.477 e. The Kier molecular flexibility index (Phi) is 7.00. The number of carbonyl (C=O) groups excluding carboxylic acids is 1. The van der Waals surface area contributed by atoms with Gasteiger partial charge >= 0.3 is 23.7 Å². The molecule has 6 nitrogen and oxygen atoms in total. The summed E-state index contributed by atoms with van der Waals surface area (Å²) >= 11 is 0. The van der Waals surface area contributed by atoms with Gasteiger partial charge in [0.05, 0.1) is 5.69 Å². The van der Waals surface area contributed by atoms with Crippen LogP contribution in [0.25, 0.3) is 0 Å². The molecule has 0 unspecified atom stereocenters. The van der Waals surface area contributed by atoms with E-state index in [1.54, 1.807) is 18.2 Å².